The fourth-order valence-electron chi connectivity index (χ4n) is 2.24. The van der Waals surface area contributed by atoms with Crippen LogP contribution in [0.4, 0.5) is 5.69 Å². The summed E-state index contributed by atoms with van der Waals surface area (Å²) in [6.45, 7) is 2.92. The first-order valence-electron chi connectivity index (χ1n) is 7.63. The van der Waals surface area contributed by atoms with Crippen LogP contribution < -0.4 is 5.32 Å². The Labute approximate surface area is 150 Å². The minimum absolute atomic E-state index is 0.217. The lowest BCUT2D eigenvalue weighted by Gasteiger charge is -2.10. The molecule has 2 aromatic carbocycles. The quantitative estimate of drug-likeness (QED) is 0.485. The van der Waals surface area contributed by atoms with Crippen LogP contribution in [0.5, 0.6) is 0 Å². The van der Waals surface area contributed by atoms with Crippen LogP contribution in [0.1, 0.15) is 33.2 Å². The Morgan fingerprint density at radius 2 is 1.84 bits per heavy atom. The predicted molar refractivity (Wildman–Crippen MR) is 98.3 cm³/mol. The van der Waals surface area contributed by atoms with Crippen LogP contribution in [0.3, 0.4) is 0 Å². The highest BCUT2D eigenvalue weighted by atomic mass is 32.2. The summed E-state index contributed by atoms with van der Waals surface area (Å²) in [6, 6.07) is 12.0. The SMILES string of the molecule is CSc1ccc(C(=O)COC(=O)c2cccc(C)c2)cc1NC(C)=O. The van der Waals surface area contributed by atoms with Gasteiger partial charge in [0.1, 0.15) is 0 Å². The van der Waals surface area contributed by atoms with Crippen LogP contribution in [0, 0.1) is 6.92 Å². The van der Waals surface area contributed by atoms with Crippen LogP contribution in [-0.2, 0) is 9.53 Å². The van der Waals surface area contributed by atoms with Crippen molar-refractivity contribution < 1.29 is 19.1 Å². The third-order valence-corrected chi connectivity index (χ3v) is 4.22. The lowest BCUT2D eigenvalue weighted by Crippen LogP contribution is -2.15. The molecule has 0 aliphatic rings. The Hall–Kier alpha value is -2.60. The summed E-state index contributed by atoms with van der Waals surface area (Å²) in [5, 5.41) is 2.70. The van der Waals surface area contributed by atoms with Crippen LogP contribution >= 0.6 is 11.8 Å². The maximum absolute atomic E-state index is 12.3. The number of anilines is 1. The molecule has 0 saturated carbocycles. The van der Waals surface area contributed by atoms with Gasteiger partial charge in [-0.25, -0.2) is 4.79 Å². The van der Waals surface area contributed by atoms with E-state index in [4.69, 9.17) is 4.74 Å². The smallest absolute Gasteiger partial charge is 0.338 e. The third kappa shape index (κ3) is 5.19. The van der Waals surface area contributed by atoms with Crippen molar-refractivity contribution in [2.75, 3.05) is 18.2 Å². The fraction of sp³-hybridized carbons (Fsp3) is 0.211. The van der Waals surface area contributed by atoms with Gasteiger partial charge in [-0.15, -0.1) is 11.8 Å². The molecule has 0 fully saturated rings. The van der Waals surface area contributed by atoms with Crippen LogP contribution in [-0.4, -0.2) is 30.5 Å². The van der Waals surface area contributed by atoms with Crippen LogP contribution in [0.25, 0.3) is 0 Å². The number of amides is 1. The Kier molecular flexibility index (Phi) is 6.36. The summed E-state index contributed by atoms with van der Waals surface area (Å²) in [7, 11) is 0. The van der Waals surface area contributed by atoms with Gasteiger partial charge < -0.3 is 10.1 Å². The van der Waals surface area contributed by atoms with Crippen LogP contribution in [0.2, 0.25) is 0 Å². The van der Waals surface area contributed by atoms with Crippen molar-refractivity contribution in [3.63, 3.8) is 0 Å². The number of carbonyl (C=O) groups excluding carboxylic acids is 3. The van der Waals surface area contributed by atoms with Gasteiger partial charge in [-0.2, -0.15) is 0 Å². The molecule has 2 rings (SSSR count). The number of ether oxygens (including phenoxy) is 1. The highest BCUT2D eigenvalue weighted by Gasteiger charge is 2.14. The maximum atomic E-state index is 12.3. The van der Waals surface area contributed by atoms with Gasteiger partial charge in [-0.05, 0) is 37.4 Å². The molecular weight excluding hydrogens is 338 g/mol. The van der Waals surface area contributed by atoms with Gasteiger partial charge in [-0.3, -0.25) is 9.59 Å². The van der Waals surface area contributed by atoms with Crippen molar-refractivity contribution in [2.45, 2.75) is 18.7 Å². The van der Waals surface area contributed by atoms with Gasteiger partial charge in [0, 0.05) is 17.4 Å². The monoisotopic (exact) mass is 357 g/mol. The van der Waals surface area contributed by atoms with Gasteiger partial charge in [0.15, 0.2) is 12.4 Å². The average molecular weight is 357 g/mol. The lowest BCUT2D eigenvalue weighted by atomic mass is 10.1. The van der Waals surface area contributed by atoms with Crippen molar-refractivity contribution >= 4 is 35.1 Å². The number of benzene rings is 2. The molecule has 0 unspecified atom stereocenters. The number of hydrogen-bond acceptors (Lipinski definition) is 5. The van der Waals surface area contributed by atoms with E-state index in [1.165, 1.54) is 18.7 Å². The summed E-state index contributed by atoms with van der Waals surface area (Å²) in [4.78, 5) is 36.4. The number of esters is 1. The Morgan fingerprint density at radius 3 is 2.48 bits per heavy atom. The van der Waals surface area contributed by atoms with E-state index in [0.717, 1.165) is 10.5 Å². The molecule has 5 nitrogen and oxygen atoms in total. The molecule has 0 saturated heterocycles. The van der Waals surface area contributed by atoms with E-state index in [-0.39, 0.29) is 18.3 Å². The van der Waals surface area contributed by atoms with Crippen molar-refractivity contribution in [2.24, 2.45) is 0 Å². The first kappa shape index (κ1) is 18.7. The molecule has 0 spiro atoms. The molecule has 0 aromatic heterocycles. The topological polar surface area (TPSA) is 72.5 Å². The summed E-state index contributed by atoms with van der Waals surface area (Å²) < 4.78 is 5.10. The van der Waals surface area contributed by atoms with E-state index in [0.29, 0.717) is 16.8 Å². The van der Waals surface area contributed by atoms with Crippen molar-refractivity contribution in [3.05, 3.63) is 59.2 Å². The molecule has 2 aromatic rings. The normalized spacial score (nSPS) is 10.2. The third-order valence-electron chi connectivity index (χ3n) is 3.42. The summed E-state index contributed by atoms with van der Waals surface area (Å²) in [5.74, 6) is -1.09. The molecule has 6 heteroatoms. The van der Waals surface area contributed by atoms with E-state index in [1.807, 2.05) is 19.2 Å². The molecule has 0 aliphatic carbocycles. The zero-order chi connectivity index (χ0) is 18.4. The second-order valence-corrected chi connectivity index (χ2v) is 6.31. The highest BCUT2D eigenvalue weighted by molar-refractivity contribution is 7.98. The van der Waals surface area contributed by atoms with E-state index >= 15 is 0 Å². The maximum Gasteiger partial charge on any atom is 0.338 e. The van der Waals surface area contributed by atoms with Gasteiger partial charge in [0.05, 0.1) is 11.3 Å². The van der Waals surface area contributed by atoms with E-state index in [9.17, 15) is 14.4 Å². The number of thioether (sulfide) groups is 1. The lowest BCUT2D eigenvalue weighted by molar-refractivity contribution is -0.114. The number of rotatable bonds is 6. The minimum atomic E-state index is -0.542. The largest absolute Gasteiger partial charge is 0.454 e. The molecular formula is C19H19NO4S. The number of nitrogens with one attached hydrogen (secondary N) is 1. The molecule has 0 aliphatic heterocycles. The summed E-state index contributed by atoms with van der Waals surface area (Å²) in [5.41, 5.74) is 2.28. The highest BCUT2D eigenvalue weighted by Crippen LogP contribution is 2.26. The average Bonchev–Trinajstić information content (AvgIpc) is 2.58. The Morgan fingerprint density at radius 1 is 1.08 bits per heavy atom. The van der Waals surface area contributed by atoms with Gasteiger partial charge in [0.2, 0.25) is 5.91 Å². The van der Waals surface area contributed by atoms with E-state index in [1.54, 1.807) is 36.4 Å². The second-order valence-electron chi connectivity index (χ2n) is 5.47. The number of hydrogen-bond donors (Lipinski definition) is 1. The van der Waals surface area contributed by atoms with Gasteiger partial charge >= 0.3 is 5.97 Å². The molecule has 0 bridgehead atoms. The predicted octanol–water partition coefficient (Wildman–Crippen LogP) is 3.72. The summed E-state index contributed by atoms with van der Waals surface area (Å²) in [6.07, 6.45) is 1.88. The summed E-state index contributed by atoms with van der Waals surface area (Å²) >= 11 is 1.46. The van der Waals surface area contributed by atoms with Crippen molar-refractivity contribution in [1.29, 1.82) is 0 Å². The molecule has 1 N–H and O–H groups in total. The van der Waals surface area contributed by atoms with Crippen molar-refractivity contribution in [1.82, 2.24) is 0 Å². The number of aryl methyl sites for hydroxylation is 1. The molecule has 0 atom stereocenters. The van der Waals surface area contributed by atoms with Crippen molar-refractivity contribution in [3.8, 4) is 0 Å². The molecule has 1 amide bonds. The number of Topliss-reactive ketones (excluding diaryl/α,β-unsaturated/α-hetero) is 1. The zero-order valence-corrected chi connectivity index (χ0v) is 15.1. The van der Waals surface area contributed by atoms with Gasteiger partial charge in [0.25, 0.3) is 0 Å². The first-order valence-corrected chi connectivity index (χ1v) is 8.86. The Balaban J connectivity index is 2.07. The van der Waals surface area contributed by atoms with E-state index in [2.05, 4.69) is 5.32 Å². The Bertz CT molecular complexity index is 817. The molecule has 0 radical (unpaired) electrons. The molecule has 25 heavy (non-hydrogen) atoms. The number of carbonyl (C=O) groups is 3. The standard InChI is InChI=1S/C19H19NO4S/c1-12-5-4-6-15(9-12)19(23)24-11-17(22)14-7-8-18(25-3)16(10-14)20-13(2)21/h4-10H,11H2,1-3H3,(H,20,21). The molecule has 0 heterocycles. The fourth-order valence-corrected chi connectivity index (χ4v) is 2.77. The minimum Gasteiger partial charge on any atom is -0.454 e. The van der Waals surface area contributed by atoms with E-state index < -0.39 is 5.97 Å². The van der Waals surface area contributed by atoms with Crippen LogP contribution in [0.15, 0.2) is 47.4 Å². The second kappa shape index (κ2) is 8.48. The first-order chi connectivity index (χ1) is 11.9. The number of ketones is 1. The zero-order valence-electron chi connectivity index (χ0n) is 14.3. The molecule has 130 valence electrons. The van der Waals surface area contributed by atoms with Gasteiger partial charge in [-0.1, -0.05) is 23.8 Å².